The van der Waals surface area contributed by atoms with Gasteiger partial charge in [-0.15, -0.1) is 11.3 Å². The van der Waals surface area contributed by atoms with Gasteiger partial charge in [0, 0.05) is 59.5 Å². The molecule has 1 aliphatic heterocycles. The van der Waals surface area contributed by atoms with E-state index in [1.54, 1.807) is 0 Å². The number of fused-ring (bicyclic) bond motifs is 3. The number of likely N-dealkylation sites (N-methyl/N-ethyl adjacent to an activating group) is 1. The zero-order chi connectivity index (χ0) is 20.8. The van der Waals surface area contributed by atoms with E-state index in [0.717, 1.165) is 38.2 Å². The van der Waals surface area contributed by atoms with E-state index in [4.69, 9.17) is 0 Å². The van der Waals surface area contributed by atoms with Gasteiger partial charge in [0.15, 0.2) is 0 Å². The Morgan fingerprint density at radius 2 is 1.97 bits per heavy atom. The van der Waals surface area contributed by atoms with Crippen LogP contribution in [0.3, 0.4) is 0 Å². The minimum atomic E-state index is 1.00. The van der Waals surface area contributed by atoms with E-state index < -0.39 is 0 Å². The lowest BCUT2D eigenvalue weighted by Crippen LogP contribution is -2.27. The average Bonchev–Trinajstić information content (AvgIpc) is 3.28. The van der Waals surface area contributed by atoms with Crippen LogP contribution in [0, 0.1) is 20.8 Å². The van der Waals surface area contributed by atoms with E-state index >= 15 is 0 Å². The van der Waals surface area contributed by atoms with Gasteiger partial charge in [-0.25, -0.2) is 0 Å². The normalized spacial score (nSPS) is 14.4. The van der Waals surface area contributed by atoms with Crippen LogP contribution in [0.25, 0.3) is 21.3 Å². The molecule has 0 N–H and O–H groups in total. The van der Waals surface area contributed by atoms with Crippen LogP contribution in [-0.2, 0) is 25.9 Å². The molecule has 154 valence electrons. The molecule has 0 saturated heterocycles. The molecule has 0 saturated carbocycles. The number of rotatable bonds is 4. The molecule has 0 atom stereocenters. The molecule has 0 amide bonds. The second kappa shape index (κ2) is 7.68. The van der Waals surface area contributed by atoms with Gasteiger partial charge in [-0.1, -0.05) is 6.07 Å². The van der Waals surface area contributed by atoms with Gasteiger partial charge in [-0.05, 0) is 86.1 Å². The van der Waals surface area contributed by atoms with Crippen LogP contribution < -0.4 is 0 Å². The highest BCUT2D eigenvalue weighted by Crippen LogP contribution is 2.40. The number of thiophene rings is 1. The minimum Gasteiger partial charge on any atom is -0.343 e. The van der Waals surface area contributed by atoms with Crippen LogP contribution in [0.5, 0.6) is 0 Å². The quantitative estimate of drug-likeness (QED) is 0.412. The van der Waals surface area contributed by atoms with Crippen molar-refractivity contribution in [3.05, 3.63) is 75.6 Å². The molecule has 0 bridgehead atoms. The Balaban J connectivity index is 1.69. The Kier molecular flexibility index (Phi) is 5.00. The first-order valence-electron chi connectivity index (χ1n) is 10.8. The van der Waals surface area contributed by atoms with Gasteiger partial charge in [0.2, 0.25) is 0 Å². The molecule has 3 nitrogen and oxygen atoms in total. The monoisotopic (exact) mass is 415 g/mol. The molecule has 5 rings (SSSR count). The van der Waals surface area contributed by atoms with Gasteiger partial charge in [0.05, 0.1) is 5.52 Å². The summed E-state index contributed by atoms with van der Waals surface area (Å²) >= 11 is 1.86. The number of benzene rings is 1. The number of nitrogens with zero attached hydrogens (tertiary/aromatic N) is 3. The fraction of sp³-hybridized carbons (Fsp3) is 0.346. The lowest BCUT2D eigenvalue weighted by molar-refractivity contribution is 0.309. The maximum Gasteiger partial charge on any atom is 0.0574 e. The Morgan fingerprint density at radius 1 is 1.10 bits per heavy atom. The van der Waals surface area contributed by atoms with Gasteiger partial charge >= 0.3 is 0 Å². The third-order valence-corrected chi connectivity index (χ3v) is 7.43. The maximum atomic E-state index is 4.51. The second-order valence-electron chi connectivity index (χ2n) is 8.76. The lowest BCUT2D eigenvalue weighted by atomic mass is 10.00. The first-order chi connectivity index (χ1) is 14.5. The summed E-state index contributed by atoms with van der Waals surface area (Å²) in [6.07, 6.45) is 4.17. The standard InChI is InChI=1S/C26H29N3S/c1-17-13-21-23-16-28(4)10-8-24(23)29(11-7-20-6-5-19(3)27-15-20)25(21)22(14-17)26-18(2)9-12-30-26/h5-6,9,12-15H,7-8,10-11,16H2,1-4H3. The first-order valence-corrected chi connectivity index (χ1v) is 11.7. The smallest absolute Gasteiger partial charge is 0.0574 e. The van der Waals surface area contributed by atoms with E-state index in [0.29, 0.717) is 0 Å². The van der Waals surface area contributed by atoms with Crippen molar-refractivity contribution in [3.8, 4) is 10.4 Å². The predicted octanol–water partition coefficient (Wildman–Crippen LogP) is 5.92. The van der Waals surface area contributed by atoms with Crippen LogP contribution in [-0.4, -0.2) is 28.0 Å². The maximum absolute atomic E-state index is 4.51. The molecule has 0 unspecified atom stereocenters. The molecule has 0 spiro atoms. The lowest BCUT2D eigenvalue weighted by Gasteiger charge is -2.24. The molecule has 0 aliphatic carbocycles. The summed E-state index contributed by atoms with van der Waals surface area (Å²) in [5.41, 5.74) is 11.0. The van der Waals surface area contributed by atoms with Crippen molar-refractivity contribution in [3.63, 3.8) is 0 Å². The zero-order valence-electron chi connectivity index (χ0n) is 18.3. The van der Waals surface area contributed by atoms with E-state index in [1.807, 2.05) is 24.5 Å². The fourth-order valence-electron chi connectivity index (χ4n) is 4.82. The van der Waals surface area contributed by atoms with E-state index in [9.17, 15) is 0 Å². The minimum absolute atomic E-state index is 1.00. The molecule has 1 aromatic carbocycles. The highest BCUT2D eigenvalue weighted by Gasteiger charge is 2.25. The average molecular weight is 416 g/mol. The van der Waals surface area contributed by atoms with Crippen LogP contribution in [0.15, 0.2) is 41.9 Å². The van der Waals surface area contributed by atoms with E-state index in [1.165, 1.54) is 49.3 Å². The van der Waals surface area contributed by atoms with Crippen molar-refractivity contribution < 1.29 is 0 Å². The largest absolute Gasteiger partial charge is 0.343 e. The summed E-state index contributed by atoms with van der Waals surface area (Å²) in [4.78, 5) is 8.37. The Bertz CT molecular complexity index is 1210. The SMILES string of the molecule is Cc1cc(-c2sccc2C)c2c(c1)c1c(n2CCc2ccc(C)nc2)CCN(C)C1. The topological polar surface area (TPSA) is 21.1 Å². The van der Waals surface area contributed by atoms with E-state index in [2.05, 4.69) is 71.1 Å². The summed E-state index contributed by atoms with van der Waals surface area (Å²) in [6, 6.07) is 11.4. The van der Waals surface area contributed by atoms with Gasteiger partial charge in [-0.3, -0.25) is 4.98 Å². The predicted molar refractivity (Wildman–Crippen MR) is 127 cm³/mol. The Hall–Kier alpha value is -2.43. The molecule has 4 heteroatoms. The Labute approximate surface area is 183 Å². The second-order valence-corrected chi connectivity index (χ2v) is 9.68. The van der Waals surface area contributed by atoms with Crippen LogP contribution in [0.2, 0.25) is 0 Å². The summed E-state index contributed by atoms with van der Waals surface area (Å²) in [6.45, 7) is 9.69. The molecule has 4 heterocycles. The number of hydrogen-bond acceptors (Lipinski definition) is 3. The fourth-order valence-corrected chi connectivity index (χ4v) is 5.76. The number of aromatic nitrogens is 2. The highest BCUT2D eigenvalue weighted by molar-refractivity contribution is 7.13. The van der Waals surface area contributed by atoms with Gasteiger partial charge in [0.1, 0.15) is 0 Å². The van der Waals surface area contributed by atoms with Gasteiger partial charge < -0.3 is 9.47 Å². The summed E-state index contributed by atoms with van der Waals surface area (Å²) in [5.74, 6) is 0. The first kappa shape index (κ1) is 19.5. The molecule has 4 aromatic rings. The van der Waals surface area contributed by atoms with Crippen LogP contribution in [0.4, 0.5) is 0 Å². The molecule has 30 heavy (non-hydrogen) atoms. The molecule has 1 aliphatic rings. The third kappa shape index (κ3) is 3.38. The number of pyridine rings is 1. The molecule has 3 aromatic heterocycles. The molecular weight excluding hydrogens is 386 g/mol. The third-order valence-electron chi connectivity index (χ3n) is 6.39. The highest BCUT2D eigenvalue weighted by atomic mass is 32.1. The van der Waals surface area contributed by atoms with Crippen molar-refractivity contribution >= 4 is 22.2 Å². The van der Waals surface area contributed by atoms with E-state index in [-0.39, 0.29) is 0 Å². The summed E-state index contributed by atoms with van der Waals surface area (Å²) in [7, 11) is 2.24. The Morgan fingerprint density at radius 3 is 2.70 bits per heavy atom. The number of aryl methyl sites for hydroxylation is 5. The number of hydrogen-bond donors (Lipinski definition) is 0. The zero-order valence-corrected chi connectivity index (χ0v) is 19.1. The van der Waals surface area contributed by atoms with Crippen LogP contribution in [0.1, 0.15) is 33.6 Å². The van der Waals surface area contributed by atoms with Crippen molar-refractivity contribution in [1.29, 1.82) is 0 Å². The summed E-state index contributed by atoms with van der Waals surface area (Å²) in [5, 5.41) is 3.67. The molecular formula is C26H29N3S. The van der Waals surface area contributed by atoms with Crippen molar-refractivity contribution in [2.75, 3.05) is 13.6 Å². The van der Waals surface area contributed by atoms with Crippen molar-refractivity contribution in [2.24, 2.45) is 0 Å². The molecule has 0 fully saturated rings. The summed E-state index contributed by atoms with van der Waals surface area (Å²) < 4.78 is 2.63. The van der Waals surface area contributed by atoms with Crippen molar-refractivity contribution in [1.82, 2.24) is 14.5 Å². The van der Waals surface area contributed by atoms with Gasteiger partial charge in [0.25, 0.3) is 0 Å². The van der Waals surface area contributed by atoms with Crippen molar-refractivity contribution in [2.45, 2.75) is 46.7 Å². The molecule has 0 radical (unpaired) electrons. The van der Waals surface area contributed by atoms with Crippen LogP contribution >= 0.6 is 11.3 Å². The van der Waals surface area contributed by atoms with Gasteiger partial charge in [-0.2, -0.15) is 0 Å².